The van der Waals surface area contributed by atoms with Crippen molar-refractivity contribution in [2.24, 2.45) is 0 Å². The number of furan rings is 1. The van der Waals surface area contributed by atoms with Crippen molar-refractivity contribution in [1.29, 1.82) is 0 Å². The van der Waals surface area contributed by atoms with Crippen LogP contribution >= 0.6 is 0 Å². The number of hydrogen-bond acceptors (Lipinski definition) is 2. The number of halogens is 1. The van der Waals surface area contributed by atoms with Crippen LogP contribution in [0.4, 0.5) is 10.1 Å². The van der Waals surface area contributed by atoms with Gasteiger partial charge in [0.25, 0.3) is 5.91 Å². The number of nitrogens with one attached hydrogen (secondary N) is 1. The number of amides is 1. The van der Waals surface area contributed by atoms with Gasteiger partial charge in [-0.15, -0.1) is 0 Å². The number of anilines is 1. The normalized spacial score (nSPS) is 18.0. The molecule has 4 rings (SSSR count). The van der Waals surface area contributed by atoms with Gasteiger partial charge in [0.05, 0.1) is 5.57 Å². The van der Waals surface area contributed by atoms with E-state index in [1.807, 2.05) is 0 Å². The van der Waals surface area contributed by atoms with Crippen LogP contribution in [0.5, 0.6) is 0 Å². The van der Waals surface area contributed by atoms with Crippen LogP contribution in [-0.4, -0.2) is 5.91 Å². The molecule has 0 bridgehead atoms. The molecule has 4 heteroatoms. The predicted molar refractivity (Wildman–Crippen MR) is 87.6 cm³/mol. The first kappa shape index (κ1) is 14.2. The second-order valence-electron chi connectivity index (χ2n) is 6.11. The molecule has 0 saturated heterocycles. The molecule has 0 fully saturated rings. The van der Waals surface area contributed by atoms with E-state index in [0.29, 0.717) is 16.8 Å². The van der Waals surface area contributed by atoms with Gasteiger partial charge in [-0.05, 0) is 55.5 Å². The number of carbonyl (C=O) groups excluding carboxylic acids is 1. The molecule has 0 atom stereocenters. The van der Waals surface area contributed by atoms with Crippen molar-refractivity contribution in [3.8, 4) is 0 Å². The molecule has 23 heavy (non-hydrogen) atoms. The Morgan fingerprint density at radius 1 is 1.30 bits per heavy atom. The molecule has 1 aliphatic carbocycles. The van der Waals surface area contributed by atoms with E-state index in [-0.39, 0.29) is 11.7 Å². The van der Waals surface area contributed by atoms with E-state index in [1.54, 1.807) is 12.1 Å². The Labute approximate surface area is 134 Å². The minimum atomic E-state index is -0.347. The highest BCUT2D eigenvalue weighted by molar-refractivity contribution is 6.34. The third-order valence-corrected chi connectivity index (χ3v) is 4.71. The van der Waals surface area contributed by atoms with Crippen LogP contribution in [0.15, 0.2) is 22.6 Å². The second-order valence-corrected chi connectivity index (χ2v) is 6.11. The smallest absolute Gasteiger partial charge is 0.256 e. The third-order valence-electron chi connectivity index (χ3n) is 4.71. The Balaban J connectivity index is 1.84. The zero-order valence-corrected chi connectivity index (χ0v) is 13.0. The molecule has 0 unspecified atom stereocenters. The zero-order valence-electron chi connectivity index (χ0n) is 13.0. The molecular weight excluding hydrogens is 293 g/mol. The van der Waals surface area contributed by atoms with Crippen LogP contribution in [0.25, 0.3) is 11.6 Å². The lowest BCUT2D eigenvalue weighted by molar-refractivity contribution is -0.110. The quantitative estimate of drug-likeness (QED) is 0.838. The van der Waals surface area contributed by atoms with E-state index in [0.717, 1.165) is 37.2 Å². The van der Waals surface area contributed by atoms with Gasteiger partial charge in [0.1, 0.15) is 17.3 Å². The summed E-state index contributed by atoms with van der Waals surface area (Å²) in [5.74, 6) is 1.25. The Hall–Kier alpha value is -2.36. The lowest BCUT2D eigenvalue weighted by atomic mass is 9.93. The third kappa shape index (κ3) is 2.29. The topological polar surface area (TPSA) is 42.2 Å². The van der Waals surface area contributed by atoms with E-state index in [4.69, 9.17) is 4.42 Å². The van der Waals surface area contributed by atoms with Crippen molar-refractivity contribution in [3.63, 3.8) is 0 Å². The molecule has 1 aromatic heterocycles. The fraction of sp³-hybridized carbons (Fsp3) is 0.316. The van der Waals surface area contributed by atoms with Gasteiger partial charge in [0.2, 0.25) is 0 Å². The Morgan fingerprint density at radius 2 is 2.13 bits per heavy atom. The van der Waals surface area contributed by atoms with Crippen LogP contribution < -0.4 is 5.32 Å². The van der Waals surface area contributed by atoms with Gasteiger partial charge in [0, 0.05) is 23.2 Å². The lowest BCUT2D eigenvalue weighted by Gasteiger charge is -2.09. The minimum Gasteiger partial charge on any atom is -0.461 e. The Bertz CT molecular complexity index is 832. The average molecular weight is 311 g/mol. The van der Waals surface area contributed by atoms with Crippen molar-refractivity contribution < 1.29 is 13.6 Å². The van der Waals surface area contributed by atoms with Crippen LogP contribution in [0.2, 0.25) is 0 Å². The summed E-state index contributed by atoms with van der Waals surface area (Å²) in [4.78, 5) is 12.2. The number of carbonyl (C=O) groups is 1. The molecule has 2 aliphatic rings. The first-order valence-electron chi connectivity index (χ1n) is 8.13. The van der Waals surface area contributed by atoms with Gasteiger partial charge in [-0.2, -0.15) is 0 Å². The highest BCUT2D eigenvalue weighted by atomic mass is 19.1. The summed E-state index contributed by atoms with van der Waals surface area (Å²) >= 11 is 0. The Kier molecular flexibility index (Phi) is 3.33. The largest absolute Gasteiger partial charge is 0.461 e. The van der Waals surface area contributed by atoms with Crippen molar-refractivity contribution in [2.75, 3.05) is 5.32 Å². The summed E-state index contributed by atoms with van der Waals surface area (Å²) in [6.45, 7) is 2.10. The summed E-state index contributed by atoms with van der Waals surface area (Å²) in [7, 11) is 0. The SMILES string of the molecule is CCc1c(C=C2C(=O)Nc3ccc(F)cc32)oc2c1CCCC2. The van der Waals surface area contributed by atoms with Gasteiger partial charge in [-0.3, -0.25) is 4.79 Å². The van der Waals surface area contributed by atoms with Crippen molar-refractivity contribution in [1.82, 2.24) is 0 Å². The van der Waals surface area contributed by atoms with Gasteiger partial charge < -0.3 is 9.73 Å². The molecule has 118 valence electrons. The lowest BCUT2D eigenvalue weighted by Crippen LogP contribution is -2.03. The van der Waals surface area contributed by atoms with Gasteiger partial charge in [0.15, 0.2) is 0 Å². The fourth-order valence-electron chi connectivity index (χ4n) is 3.59. The van der Waals surface area contributed by atoms with Gasteiger partial charge in [-0.25, -0.2) is 4.39 Å². The van der Waals surface area contributed by atoms with Gasteiger partial charge >= 0.3 is 0 Å². The number of hydrogen-bond donors (Lipinski definition) is 1. The van der Waals surface area contributed by atoms with Crippen LogP contribution in [0, 0.1) is 5.82 Å². The molecule has 1 amide bonds. The van der Waals surface area contributed by atoms with Crippen LogP contribution in [0.1, 0.15) is 48.0 Å². The summed E-state index contributed by atoms with van der Waals surface area (Å²) in [5, 5.41) is 2.78. The standard InChI is InChI=1S/C19H18FNO2/c1-2-12-13-5-3-4-6-17(13)23-18(12)10-15-14-9-11(20)7-8-16(14)21-19(15)22/h7-10H,2-6H2,1H3,(H,21,22). The second kappa shape index (κ2) is 5.37. The molecule has 0 spiro atoms. The zero-order chi connectivity index (χ0) is 16.0. The highest BCUT2D eigenvalue weighted by Crippen LogP contribution is 2.36. The molecular formula is C19H18FNO2. The number of benzene rings is 1. The molecule has 1 N–H and O–H groups in total. The maximum Gasteiger partial charge on any atom is 0.256 e. The number of aryl methyl sites for hydroxylation is 1. The molecule has 1 aromatic carbocycles. The van der Waals surface area contributed by atoms with Crippen molar-refractivity contribution >= 4 is 23.2 Å². The van der Waals surface area contributed by atoms with E-state index in [9.17, 15) is 9.18 Å². The summed E-state index contributed by atoms with van der Waals surface area (Å²) < 4.78 is 19.6. The van der Waals surface area contributed by atoms with E-state index in [1.165, 1.54) is 29.7 Å². The molecule has 2 heterocycles. The van der Waals surface area contributed by atoms with Crippen molar-refractivity contribution in [2.45, 2.75) is 39.0 Å². The first-order valence-corrected chi connectivity index (χ1v) is 8.13. The van der Waals surface area contributed by atoms with E-state index >= 15 is 0 Å². The van der Waals surface area contributed by atoms with Crippen LogP contribution in [-0.2, 0) is 24.1 Å². The Morgan fingerprint density at radius 3 is 2.96 bits per heavy atom. The van der Waals surface area contributed by atoms with E-state index in [2.05, 4.69) is 12.2 Å². The molecule has 0 radical (unpaired) electrons. The number of rotatable bonds is 2. The fourth-order valence-corrected chi connectivity index (χ4v) is 3.59. The minimum absolute atomic E-state index is 0.206. The van der Waals surface area contributed by atoms with Crippen LogP contribution in [0.3, 0.4) is 0 Å². The summed E-state index contributed by atoms with van der Waals surface area (Å²) in [6.07, 6.45) is 6.98. The van der Waals surface area contributed by atoms with Gasteiger partial charge in [-0.1, -0.05) is 6.92 Å². The molecule has 3 nitrogen and oxygen atoms in total. The first-order chi connectivity index (χ1) is 11.2. The summed E-state index contributed by atoms with van der Waals surface area (Å²) in [5.41, 5.74) is 4.22. The molecule has 2 aromatic rings. The number of fused-ring (bicyclic) bond motifs is 2. The maximum absolute atomic E-state index is 13.5. The highest BCUT2D eigenvalue weighted by Gasteiger charge is 2.27. The van der Waals surface area contributed by atoms with Crippen molar-refractivity contribution in [3.05, 3.63) is 52.2 Å². The average Bonchev–Trinajstić information content (AvgIpc) is 3.05. The molecule has 0 saturated carbocycles. The van der Waals surface area contributed by atoms with E-state index < -0.39 is 0 Å². The molecule has 1 aliphatic heterocycles. The maximum atomic E-state index is 13.5. The predicted octanol–water partition coefficient (Wildman–Crippen LogP) is 4.35. The monoisotopic (exact) mass is 311 g/mol. The summed E-state index contributed by atoms with van der Waals surface area (Å²) in [6, 6.07) is 4.34.